The largest absolute Gasteiger partial charge is 0.492 e. The predicted octanol–water partition coefficient (Wildman–Crippen LogP) is 4.00. The number of hydrogen-bond acceptors (Lipinski definition) is 4. The van der Waals surface area contributed by atoms with Crippen LogP contribution in [0.2, 0.25) is 0 Å². The van der Waals surface area contributed by atoms with Gasteiger partial charge in [-0.3, -0.25) is 9.10 Å². The molecule has 6 nitrogen and oxygen atoms in total. The SMILES string of the molecule is CC(C)(C)c1ccc(OCCNC(=O)CCCN(c2ccc(F)cc2F)S(C)(=O)=O)cc1. The first kappa shape index (κ1) is 25.6. The molecule has 1 amide bonds. The number of benzene rings is 2. The minimum atomic E-state index is -3.80. The van der Waals surface area contributed by atoms with Gasteiger partial charge in [-0.2, -0.15) is 0 Å². The van der Waals surface area contributed by atoms with E-state index in [1.165, 1.54) is 5.56 Å². The van der Waals surface area contributed by atoms with E-state index in [2.05, 4.69) is 26.1 Å². The van der Waals surface area contributed by atoms with E-state index in [0.717, 1.165) is 22.7 Å². The molecule has 0 unspecified atom stereocenters. The van der Waals surface area contributed by atoms with Gasteiger partial charge in [0.25, 0.3) is 0 Å². The van der Waals surface area contributed by atoms with Crippen LogP contribution in [0.5, 0.6) is 5.75 Å². The number of amides is 1. The molecule has 2 aromatic carbocycles. The van der Waals surface area contributed by atoms with Crippen LogP contribution in [0.3, 0.4) is 0 Å². The average molecular weight is 469 g/mol. The van der Waals surface area contributed by atoms with Crippen LogP contribution in [0.25, 0.3) is 0 Å². The molecule has 0 bridgehead atoms. The highest BCUT2D eigenvalue weighted by atomic mass is 32.2. The molecule has 2 rings (SSSR count). The summed E-state index contributed by atoms with van der Waals surface area (Å²) >= 11 is 0. The van der Waals surface area contributed by atoms with Crippen LogP contribution < -0.4 is 14.4 Å². The number of halogens is 2. The van der Waals surface area contributed by atoms with Gasteiger partial charge in [0.05, 0.1) is 18.5 Å². The van der Waals surface area contributed by atoms with Crippen molar-refractivity contribution in [2.24, 2.45) is 0 Å². The van der Waals surface area contributed by atoms with Crippen LogP contribution >= 0.6 is 0 Å². The first-order valence-electron chi connectivity index (χ1n) is 10.3. The number of nitrogens with one attached hydrogen (secondary N) is 1. The monoisotopic (exact) mass is 468 g/mol. The van der Waals surface area contributed by atoms with Gasteiger partial charge in [-0.05, 0) is 41.7 Å². The maximum Gasteiger partial charge on any atom is 0.232 e. The summed E-state index contributed by atoms with van der Waals surface area (Å²) in [5.74, 6) is -1.35. The van der Waals surface area contributed by atoms with Gasteiger partial charge in [0.15, 0.2) is 0 Å². The Morgan fingerprint density at radius 3 is 2.31 bits per heavy atom. The highest BCUT2D eigenvalue weighted by Gasteiger charge is 2.21. The summed E-state index contributed by atoms with van der Waals surface area (Å²) in [6.45, 7) is 6.86. The molecular weight excluding hydrogens is 438 g/mol. The molecule has 0 saturated carbocycles. The van der Waals surface area contributed by atoms with Gasteiger partial charge in [-0.25, -0.2) is 17.2 Å². The first-order chi connectivity index (χ1) is 14.9. The molecule has 0 radical (unpaired) electrons. The van der Waals surface area contributed by atoms with Gasteiger partial charge in [-0.15, -0.1) is 0 Å². The van der Waals surface area contributed by atoms with Crippen LogP contribution in [-0.4, -0.2) is 40.3 Å². The third-order valence-corrected chi connectivity index (χ3v) is 5.94. The number of nitrogens with zero attached hydrogens (tertiary/aromatic N) is 1. The summed E-state index contributed by atoms with van der Waals surface area (Å²) in [7, 11) is -3.80. The third kappa shape index (κ3) is 7.78. The molecule has 0 spiro atoms. The molecule has 176 valence electrons. The number of carbonyl (C=O) groups excluding carboxylic acids is 1. The second-order valence-electron chi connectivity index (χ2n) is 8.51. The Morgan fingerprint density at radius 1 is 1.09 bits per heavy atom. The summed E-state index contributed by atoms with van der Waals surface area (Å²) < 4.78 is 57.6. The smallest absolute Gasteiger partial charge is 0.232 e. The van der Waals surface area contributed by atoms with Crippen molar-refractivity contribution in [2.45, 2.75) is 39.0 Å². The number of hydrogen-bond donors (Lipinski definition) is 1. The van der Waals surface area contributed by atoms with Crippen molar-refractivity contribution in [3.05, 3.63) is 59.7 Å². The lowest BCUT2D eigenvalue weighted by Crippen LogP contribution is -2.33. The number of carbonyl (C=O) groups is 1. The summed E-state index contributed by atoms with van der Waals surface area (Å²) in [6, 6.07) is 10.5. The van der Waals surface area contributed by atoms with E-state index in [9.17, 15) is 22.0 Å². The van der Waals surface area contributed by atoms with Gasteiger partial charge in [0, 0.05) is 19.0 Å². The van der Waals surface area contributed by atoms with E-state index in [0.29, 0.717) is 18.4 Å². The Morgan fingerprint density at radius 2 is 1.75 bits per heavy atom. The fourth-order valence-electron chi connectivity index (χ4n) is 3.03. The summed E-state index contributed by atoms with van der Waals surface area (Å²) in [6.07, 6.45) is 1.15. The van der Waals surface area contributed by atoms with Crippen molar-refractivity contribution in [2.75, 3.05) is 30.3 Å². The molecule has 9 heteroatoms. The van der Waals surface area contributed by atoms with E-state index in [4.69, 9.17) is 4.74 Å². The molecule has 32 heavy (non-hydrogen) atoms. The lowest BCUT2D eigenvalue weighted by molar-refractivity contribution is -0.121. The van der Waals surface area contributed by atoms with E-state index >= 15 is 0 Å². The van der Waals surface area contributed by atoms with Crippen LogP contribution in [0.4, 0.5) is 14.5 Å². The highest BCUT2D eigenvalue weighted by molar-refractivity contribution is 7.92. The van der Waals surface area contributed by atoms with Crippen LogP contribution in [0.15, 0.2) is 42.5 Å². The van der Waals surface area contributed by atoms with Gasteiger partial charge < -0.3 is 10.1 Å². The molecule has 1 N–H and O–H groups in total. The second-order valence-corrected chi connectivity index (χ2v) is 10.4. The topological polar surface area (TPSA) is 75.7 Å². The Kier molecular flexibility index (Phi) is 8.60. The van der Waals surface area contributed by atoms with Crippen LogP contribution in [0.1, 0.15) is 39.2 Å². The van der Waals surface area contributed by atoms with Crippen molar-refractivity contribution >= 4 is 21.6 Å². The second kappa shape index (κ2) is 10.8. The van der Waals surface area contributed by atoms with E-state index in [1.807, 2.05) is 24.3 Å². The molecule has 0 aliphatic carbocycles. The fourth-order valence-corrected chi connectivity index (χ4v) is 4.00. The van der Waals surface area contributed by atoms with Crippen LogP contribution in [0, 0.1) is 11.6 Å². The number of anilines is 1. The van der Waals surface area contributed by atoms with Crippen molar-refractivity contribution in [3.8, 4) is 5.75 Å². The van der Waals surface area contributed by atoms with Gasteiger partial charge in [0.1, 0.15) is 24.0 Å². The molecule has 0 fully saturated rings. The van der Waals surface area contributed by atoms with Gasteiger partial charge in [0.2, 0.25) is 15.9 Å². The van der Waals surface area contributed by atoms with Gasteiger partial charge in [-0.1, -0.05) is 32.9 Å². The standard InChI is InChI=1S/C23H30F2N2O4S/c1-23(2,3)17-7-10-19(11-8-17)31-15-13-26-22(28)6-5-14-27(32(4,29)30)21-12-9-18(24)16-20(21)25/h7-12,16H,5-6,13-15H2,1-4H3,(H,26,28). The lowest BCUT2D eigenvalue weighted by Gasteiger charge is -2.22. The Bertz CT molecular complexity index is 1020. The highest BCUT2D eigenvalue weighted by Crippen LogP contribution is 2.24. The molecule has 0 atom stereocenters. The Hall–Kier alpha value is -2.68. The molecule has 0 saturated heterocycles. The molecule has 0 heterocycles. The van der Waals surface area contributed by atoms with E-state index in [1.54, 1.807) is 0 Å². The minimum absolute atomic E-state index is 0.0507. The quantitative estimate of drug-likeness (QED) is 0.535. The Balaban J connectivity index is 1.77. The zero-order valence-corrected chi connectivity index (χ0v) is 19.6. The van der Waals surface area contributed by atoms with Crippen LogP contribution in [-0.2, 0) is 20.2 Å². The predicted molar refractivity (Wildman–Crippen MR) is 121 cm³/mol. The fraction of sp³-hybridized carbons (Fsp3) is 0.435. The Labute approximate surface area is 188 Å². The average Bonchev–Trinajstić information content (AvgIpc) is 2.68. The van der Waals surface area contributed by atoms with Crippen molar-refractivity contribution in [1.29, 1.82) is 0 Å². The zero-order chi connectivity index (χ0) is 23.9. The normalized spacial score (nSPS) is 11.8. The maximum absolute atomic E-state index is 14.0. The summed E-state index contributed by atoms with van der Waals surface area (Å²) in [5.41, 5.74) is 1.00. The van der Waals surface area contributed by atoms with Crippen molar-refractivity contribution in [1.82, 2.24) is 5.32 Å². The molecule has 2 aromatic rings. The zero-order valence-electron chi connectivity index (χ0n) is 18.8. The molecule has 0 aliphatic heterocycles. The molecular formula is C23H30F2N2O4S. The maximum atomic E-state index is 14.0. The molecule has 0 aliphatic rings. The van der Waals surface area contributed by atoms with Crippen molar-refractivity contribution < 1.29 is 26.7 Å². The lowest BCUT2D eigenvalue weighted by atomic mass is 9.87. The first-order valence-corrected chi connectivity index (χ1v) is 12.2. The number of ether oxygens (including phenoxy) is 1. The number of rotatable bonds is 10. The number of sulfonamides is 1. The minimum Gasteiger partial charge on any atom is -0.492 e. The van der Waals surface area contributed by atoms with E-state index in [-0.39, 0.29) is 43.0 Å². The molecule has 0 aromatic heterocycles. The summed E-state index contributed by atoms with van der Waals surface area (Å²) in [4.78, 5) is 12.0. The van der Waals surface area contributed by atoms with Gasteiger partial charge >= 0.3 is 0 Å². The van der Waals surface area contributed by atoms with Crippen molar-refractivity contribution in [3.63, 3.8) is 0 Å². The summed E-state index contributed by atoms with van der Waals surface area (Å²) in [5, 5.41) is 2.70. The van der Waals surface area contributed by atoms with E-state index < -0.39 is 21.7 Å². The third-order valence-electron chi connectivity index (χ3n) is 4.76.